The maximum atomic E-state index is 13.8. The molecule has 2 radical (unpaired) electrons. The molecule has 1 aromatic heterocycles. The molecule has 1 amide bonds. The van der Waals surface area contributed by atoms with Gasteiger partial charge < -0.3 is 19.8 Å². The van der Waals surface area contributed by atoms with E-state index < -0.39 is 33.6 Å². The molecule has 0 saturated carbocycles. The number of aldehydes is 1. The number of methoxy groups -OCH3 is 1. The van der Waals surface area contributed by atoms with Gasteiger partial charge in [-0.3, -0.25) is 9.10 Å². The Morgan fingerprint density at radius 2 is 1.89 bits per heavy atom. The number of unbranched alkanes of at least 4 members (excludes halogenated alkanes) is 2. The van der Waals surface area contributed by atoms with Gasteiger partial charge in [0.15, 0.2) is 0 Å². The molecule has 194 valence electrons. The second kappa shape index (κ2) is 11.5. The Labute approximate surface area is 212 Å². The summed E-state index contributed by atoms with van der Waals surface area (Å²) in [6, 6.07) is 9.93. The van der Waals surface area contributed by atoms with E-state index >= 15 is 0 Å². The highest BCUT2D eigenvalue weighted by Crippen LogP contribution is 2.33. The van der Waals surface area contributed by atoms with Gasteiger partial charge in [0.05, 0.1) is 19.0 Å². The third kappa shape index (κ3) is 6.70. The molecule has 0 spiro atoms. The van der Waals surface area contributed by atoms with Gasteiger partial charge in [-0.25, -0.2) is 13.4 Å². The predicted molar refractivity (Wildman–Crippen MR) is 131 cm³/mol. The average Bonchev–Trinajstić information content (AvgIpc) is 3.36. The molecule has 0 aliphatic rings. The van der Waals surface area contributed by atoms with Crippen LogP contribution in [0.25, 0.3) is 0 Å². The SMILES string of the molecule is [B]c1ccc(N(CCCCC=O)S(=O)(=O)c2cc(NC(=O)c3cnc(C(F)(F)F)[nH]3)ccc2OC)cc1. The molecule has 0 aliphatic carbocycles. The highest BCUT2D eigenvalue weighted by molar-refractivity contribution is 7.93. The van der Waals surface area contributed by atoms with Crippen LogP contribution in [0.3, 0.4) is 0 Å². The molecule has 2 N–H and O–H groups in total. The largest absolute Gasteiger partial charge is 0.495 e. The minimum Gasteiger partial charge on any atom is -0.495 e. The van der Waals surface area contributed by atoms with Gasteiger partial charge in [0.1, 0.15) is 30.5 Å². The summed E-state index contributed by atoms with van der Waals surface area (Å²) in [5.41, 5.74) is 0.266. The number of anilines is 2. The summed E-state index contributed by atoms with van der Waals surface area (Å²) in [6.07, 6.45) is -2.19. The summed E-state index contributed by atoms with van der Waals surface area (Å²) in [6.45, 7) is 0.0359. The van der Waals surface area contributed by atoms with Gasteiger partial charge in [-0.05, 0) is 43.2 Å². The van der Waals surface area contributed by atoms with E-state index in [9.17, 15) is 31.2 Å². The number of hydrogen-bond donors (Lipinski definition) is 2. The first-order chi connectivity index (χ1) is 17.5. The Hall–Kier alpha value is -3.81. The number of nitrogens with zero attached hydrogens (tertiary/aromatic N) is 2. The molecular formula is C23H22BF3N4O5S. The minimum absolute atomic E-state index is 0.00857. The minimum atomic E-state index is -4.77. The fraction of sp³-hybridized carbons (Fsp3) is 0.261. The number of alkyl halides is 3. The zero-order chi connectivity index (χ0) is 27.2. The van der Waals surface area contributed by atoms with Crippen molar-refractivity contribution < 1.29 is 35.9 Å². The highest BCUT2D eigenvalue weighted by Gasteiger charge is 2.35. The quantitative estimate of drug-likeness (QED) is 0.222. The van der Waals surface area contributed by atoms with Gasteiger partial charge in [0.2, 0.25) is 5.82 Å². The molecule has 2 aromatic carbocycles. The first-order valence-corrected chi connectivity index (χ1v) is 12.3. The Morgan fingerprint density at radius 3 is 2.49 bits per heavy atom. The maximum absolute atomic E-state index is 13.8. The number of ether oxygens (including phenoxy) is 1. The summed E-state index contributed by atoms with van der Waals surface area (Å²) in [7, 11) is 2.73. The van der Waals surface area contributed by atoms with E-state index in [4.69, 9.17) is 12.6 Å². The highest BCUT2D eigenvalue weighted by atomic mass is 32.2. The Balaban J connectivity index is 1.96. The smallest absolute Gasteiger partial charge is 0.449 e. The molecule has 14 heteroatoms. The number of rotatable bonds is 11. The van der Waals surface area contributed by atoms with Crippen LogP contribution in [0.1, 0.15) is 35.6 Å². The summed E-state index contributed by atoms with van der Waals surface area (Å²) >= 11 is 0. The van der Waals surface area contributed by atoms with Gasteiger partial charge in [-0.2, -0.15) is 13.2 Å². The van der Waals surface area contributed by atoms with E-state index in [0.29, 0.717) is 24.0 Å². The van der Waals surface area contributed by atoms with E-state index in [-0.39, 0.29) is 29.3 Å². The monoisotopic (exact) mass is 534 g/mol. The Bertz CT molecular complexity index is 1360. The summed E-state index contributed by atoms with van der Waals surface area (Å²) in [4.78, 5) is 27.9. The van der Waals surface area contributed by atoms with Crippen molar-refractivity contribution in [3.8, 4) is 5.75 Å². The lowest BCUT2D eigenvalue weighted by Gasteiger charge is -2.26. The number of aromatic nitrogens is 2. The average molecular weight is 534 g/mol. The number of benzene rings is 2. The van der Waals surface area contributed by atoms with Gasteiger partial charge in [0, 0.05) is 18.7 Å². The van der Waals surface area contributed by atoms with Crippen LogP contribution in [0, 0.1) is 0 Å². The van der Waals surface area contributed by atoms with E-state index in [1.807, 2.05) is 4.98 Å². The fourth-order valence-electron chi connectivity index (χ4n) is 3.37. The number of H-pyrrole nitrogens is 1. The molecule has 3 rings (SSSR count). The molecule has 9 nitrogen and oxygen atoms in total. The van der Waals surface area contributed by atoms with E-state index in [1.165, 1.54) is 43.5 Å². The molecule has 0 saturated heterocycles. The lowest BCUT2D eigenvalue weighted by atomic mass is 9.96. The van der Waals surface area contributed by atoms with Crippen molar-refractivity contribution in [3.63, 3.8) is 0 Å². The topological polar surface area (TPSA) is 121 Å². The van der Waals surface area contributed by atoms with E-state index in [0.717, 1.165) is 22.9 Å². The van der Waals surface area contributed by atoms with Gasteiger partial charge in [0.25, 0.3) is 15.9 Å². The fourth-order valence-corrected chi connectivity index (χ4v) is 5.05. The number of hydrogen-bond acceptors (Lipinski definition) is 6. The van der Waals surface area contributed by atoms with Gasteiger partial charge in [-0.15, -0.1) is 0 Å². The lowest BCUT2D eigenvalue weighted by molar-refractivity contribution is -0.144. The molecule has 1 heterocycles. The predicted octanol–water partition coefficient (Wildman–Crippen LogP) is 3.05. The van der Waals surface area contributed by atoms with Crippen molar-refractivity contribution in [1.82, 2.24) is 9.97 Å². The molecule has 0 atom stereocenters. The number of sulfonamides is 1. The van der Waals surface area contributed by atoms with Crippen LogP contribution in [0.5, 0.6) is 5.75 Å². The normalized spacial score (nSPS) is 11.7. The molecule has 0 aliphatic heterocycles. The molecule has 37 heavy (non-hydrogen) atoms. The second-order valence-corrected chi connectivity index (χ2v) is 9.62. The van der Waals surface area contributed by atoms with Crippen LogP contribution < -0.4 is 19.8 Å². The molecule has 0 unspecified atom stereocenters. The van der Waals surface area contributed by atoms with Crippen molar-refractivity contribution in [2.24, 2.45) is 0 Å². The van der Waals surface area contributed by atoms with Crippen molar-refractivity contribution in [1.29, 1.82) is 0 Å². The molecule has 3 aromatic rings. The number of amides is 1. The third-order valence-corrected chi connectivity index (χ3v) is 7.04. The van der Waals surface area contributed by atoms with Gasteiger partial charge in [-0.1, -0.05) is 17.6 Å². The van der Waals surface area contributed by atoms with Crippen LogP contribution in [0.15, 0.2) is 53.6 Å². The van der Waals surface area contributed by atoms with Crippen molar-refractivity contribution in [3.05, 3.63) is 60.2 Å². The van der Waals surface area contributed by atoms with Crippen molar-refractivity contribution in [2.45, 2.75) is 30.3 Å². The number of halogens is 3. The van der Waals surface area contributed by atoms with Crippen LogP contribution in [0.2, 0.25) is 0 Å². The maximum Gasteiger partial charge on any atom is 0.449 e. The second-order valence-electron chi connectivity index (χ2n) is 7.79. The Morgan fingerprint density at radius 1 is 1.19 bits per heavy atom. The van der Waals surface area contributed by atoms with Crippen LogP contribution in [-0.4, -0.2) is 52.1 Å². The van der Waals surface area contributed by atoms with Crippen LogP contribution in [-0.2, 0) is 21.0 Å². The van der Waals surface area contributed by atoms with E-state index in [1.54, 1.807) is 0 Å². The van der Waals surface area contributed by atoms with Crippen molar-refractivity contribution >= 4 is 46.9 Å². The number of carbonyl (C=O) groups is 2. The Kier molecular flexibility index (Phi) is 8.63. The molecular weight excluding hydrogens is 512 g/mol. The first-order valence-electron chi connectivity index (χ1n) is 10.9. The van der Waals surface area contributed by atoms with Gasteiger partial charge >= 0.3 is 6.18 Å². The number of nitrogens with one attached hydrogen (secondary N) is 2. The van der Waals surface area contributed by atoms with E-state index in [2.05, 4.69) is 10.3 Å². The van der Waals surface area contributed by atoms with Crippen LogP contribution in [0.4, 0.5) is 24.5 Å². The van der Waals surface area contributed by atoms with Crippen LogP contribution >= 0.6 is 0 Å². The number of imidazole rings is 1. The zero-order valence-corrected chi connectivity index (χ0v) is 20.4. The summed E-state index contributed by atoms with van der Waals surface area (Å²) in [5, 5.41) is 2.36. The standard InChI is InChI=1S/C23H22BF3N4O5S/c1-36-19-10-7-16(29-21(33)18-14-28-22(30-18)23(25,26)27)13-20(19)37(34,35)31(11-3-2-4-12-32)17-8-5-15(24)6-9-17/h5-10,12-14H,2-4,11H2,1H3,(H,28,30)(H,29,33). The number of aromatic amines is 1. The first kappa shape index (κ1) is 27.8. The molecule has 0 fully saturated rings. The lowest BCUT2D eigenvalue weighted by Crippen LogP contribution is -2.32. The number of carbonyl (C=O) groups excluding carboxylic acids is 2. The summed E-state index contributed by atoms with van der Waals surface area (Å²) < 4.78 is 72.3. The molecule has 0 bridgehead atoms. The zero-order valence-electron chi connectivity index (χ0n) is 19.6. The van der Waals surface area contributed by atoms with Crippen molar-refractivity contribution in [2.75, 3.05) is 23.3 Å². The third-order valence-electron chi connectivity index (χ3n) is 5.19. The summed E-state index contributed by atoms with van der Waals surface area (Å²) in [5.74, 6) is -2.32.